The van der Waals surface area contributed by atoms with Crippen molar-refractivity contribution >= 4 is 43.2 Å². The van der Waals surface area contributed by atoms with Crippen molar-refractivity contribution in [2.75, 3.05) is 11.5 Å². The van der Waals surface area contributed by atoms with Gasteiger partial charge in [-0.3, -0.25) is 0 Å². The van der Waals surface area contributed by atoms with Gasteiger partial charge in [-0.2, -0.15) is 0 Å². The highest BCUT2D eigenvalue weighted by atomic mass is 79.9. The Kier molecular flexibility index (Phi) is 4.69. The molecule has 0 amide bonds. The lowest BCUT2D eigenvalue weighted by molar-refractivity contribution is 1.08. The van der Waals surface area contributed by atoms with Crippen LogP contribution < -0.4 is 11.5 Å². The normalized spacial score (nSPS) is 11.0. The Bertz CT molecular complexity index is 608. The van der Waals surface area contributed by atoms with E-state index in [9.17, 15) is 0 Å². The van der Waals surface area contributed by atoms with Gasteiger partial charge in [-0.25, -0.2) is 0 Å². The second-order valence-corrected chi connectivity index (χ2v) is 7.16. The molecule has 0 saturated heterocycles. The van der Waals surface area contributed by atoms with E-state index in [1.165, 1.54) is 33.4 Å². The molecular formula is C17H20Br2N2. The first-order chi connectivity index (χ1) is 9.73. The summed E-state index contributed by atoms with van der Waals surface area (Å²) in [5, 5.41) is 0. The molecule has 0 aliphatic carbocycles. The largest absolute Gasteiger partial charge is 0.398 e. The minimum atomic E-state index is 0.780. The van der Waals surface area contributed by atoms with E-state index in [-0.39, 0.29) is 0 Å². The van der Waals surface area contributed by atoms with Crippen LogP contribution in [0.3, 0.4) is 0 Å². The van der Waals surface area contributed by atoms with Crippen molar-refractivity contribution in [1.82, 2.24) is 0 Å². The molecule has 0 aromatic heterocycles. The van der Waals surface area contributed by atoms with Crippen LogP contribution >= 0.6 is 31.9 Å². The first kappa shape index (κ1) is 16.4. The van der Waals surface area contributed by atoms with Crippen LogP contribution in [0.1, 0.15) is 33.4 Å². The van der Waals surface area contributed by atoms with E-state index in [4.69, 9.17) is 11.5 Å². The van der Waals surface area contributed by atoms with Crippen molar-refractivity contribution in [1.29, 1.82) is 0 Å². The van der Waals surface area contributed by atoms with Gasteiger partial charge in [0.2, 0.25) is 0 Å². The number of halogens is 2. The van der Waals surface area contributed by atoms with Crippen LogP contribution in [0.4, 0.5) is 11.4 Å². The van der Waals surface area contributed by atoms with Crippen LogP contribution in [0.15, 0.2) is 21.1 Å². The van der Waals surface area contributed by atoms with Gasteiger partial charge in [-0.05, 0) is 105 Å². The Balaban J connectivity index is 2.64. The molecule has 0 atom stereocenters. The predicted octanol–water partition coefficient (Wildman–Crippen LogP) is 5.20. The number of aryl methyl sites for hydroxylation is 2. The standard InChI is InChI=1S/C17H20Br2N2/c1-8-5-14(20)16(18)12(10(8)3)7-13-11(4)9(2)6-15(21)17(13)19/h5-6H,7,20-21H2,1-4H3. The summed E-state index contributed by atoms with van der Waals surface area (Å²) < 4.78 is 1.97. The average Bonchev–Trinajstić information content (AvgIpc) is 2.42. The van der Waals surface area contributed by atoms with Crippen LogP contribution in [0.25, 0.3) is 0 Å². The zero-order chi connectivity index (χ0) is 15.9. The van der Waals surface area contributed by atoms with Crippen LogP contribution in [0, 0.1) is 27.7 Å². The SMILES string of the molecule is Cc1cc(N)c(Br)c(Cc2c(C)c(C)cc(N)c2Br)c1C. The minimum Gasteiger partial charge on any atom is -0.398 e. The van der Waals surface area contributed by atoms with E-state index < -0.39 is 0 Å². The lowest BCUT2D eigenvalue weighted by Crippen LogP contribution is -2.04. The van der Waals surface area contributed by atoms with E-state index >= 15 is 0 Å². The molecule has 112 valence electrons. The highest BCUT2D eigenvalue weighted by molar-refractivity contribution is 9.11. The maximum Gasteiger partial charge on any atom is 0.0464 e. The zero-order valence-electron chi connectivity index (χ0n) is 12.8. The third-order valence-electron chi connectivity index (χ3n) is 4.22. The van der Waals surface area contributed by atoms with Crippen molar-refractivity contribution in [2.24, 2.45) is 0 Å². The lowest BCUT2D eigenvalue weighted by Gasteiger charge is -2.18. The second kappa shape index (κ2) is 6.01. The molecule has 0 fully saturated rings. The van der Waals surface area contributed by atoms with Gasteiger partial charge in [0.15, 0.2) is 0 Å². The molecule has 21 heavy (non-hydrogen) atoms. The number of benzene rings is 2. The van der Waals surface area contributed by atoms with E-state index in [0.717, 1.165) is 26.7 Å². The van der Waals surface area contributed by atoms with E-state index in [1.54, 1.807) is 0 Å². The molecule has 4 N–H and O–H groups in total. The van der Waals surface area contributed by atoms with Crippen molar-refractivity contribution in [3.8, 4) is 0 Å². The molecule has 0 spiro atoms. The molecule has 0 unspecified atom stereocenters. The summed E-state index contributed by atoms with van der Waals surface area (Å²) in [5.74, 6) is 0. The molecule has 2 nitrogen and oxygen atoms in total. The lowest BCUT2D eigenvalue weighted by atomic mass is 9.92. The quantitative estimate of drug-likeness (QED) is 0.667. The first-order valence-electron chi connectivity index (χ1n) is 6.82. The summed E-state index contributed by atoms with van der Waals surface area (Å²) in [4.78, 5) is 0. The molecule has 2 rings (SSSR count). The van der Waals surface area contributed by atoms with E-state index in [2.05, 4.69) is 59.6 Å². The summed E-state index contributed by atoms with van der Waals surface area (Å²) >= 11 is 7.27. The van der Waals surface area contributed by atoms with Gasteiger partial charge in [0, 0.05) is 26.7 Å². The second-order valence-electron chi connectivity index (χ2n) is 5.58. The van der Waals surface area contributed by atoms with Crippen LogP contribution in [-0.4, -0.2) is 0 Å². The summed E-state index contributed by atoms with van der Waals surface area (Å²) in [7, 11) is 0. The smallest absolute Gasteiger partial charge is 0.0464 e. The van der Waals surface area contributed by atoms with Gasteiger partial charge in [-0.15, -0.1) is 0 Å². The third-order valence-corrected chi connectivity index (χ3v) is 6.10. The monoisotopic (exact) mass is 410 g/mol. The molecule has 2 aromatic carbocycles. The maximum atomic E-state index is 6.10. The third kappa shape index (κ3) is 2.97. The number of rotatable bonds is 2. The average molecular weight is 412 g/mol. The summed E-state index contributed by atoms with van der Waals surface area (Å²) in [6.07, 6.45) is 0.802. The molecule has 2 aromatic rings. The Morgan fingerprint density at radius 2 is 1.10 bits per heavy atom. The van der Waals surface area contributed by atoms with Crippen LogP contribution in [-0.2, 0) is 6.42 Å². The molecule has 4 heteroatoms. The van der Waals surface area contributed by atoms with Crippen molar-refractivity contribution < 1.29 is 0 Å². The van der Waals surface area contributed by atoms with Crippen LogP contribution in [0.5, 0.6) is 0 Å². The molecule has 0 aliphatic heterocycles. The van der Waals surface area contributed by atoms with E-state index in [1.807, 2.05) is 12.1 Å². The highest BCUT2D eigenvalue weighted by Gasteiger charge is 2.16. The molecule has 0 aliphatic rings. The van der Waals surface area contributed by atoms with Crippen molar-refractivity contribution in [3.05, 3.63) is 54.5 Å². The number of nitrogens with two attached hydrogens (primary N) is 2. The Morgan fingerprint density at radius 1 is 0.762 bits per heavy atom. The fraction of sp³-hybridized carbons (Fsp3) is 0.294. The fourth-order valence-corrected chi connectivity index (χ4v) is 3.66. The maximum absolute atomic E-state index is 6.10. The highest BCUT2D eigenvalue weighted by Crippen LogP contribution is 2.36. The van der Waals surface area contributed by atoms with Gasteiger partial charge in [-0.1, -0.05) is 0 Å². The van der Waals surface area contributed by atoms with Gasteiger partial charge in [0.25, 0.3) is 0 Å². The predicted molar refractivity (Wildman–Crippen MR) is 98.9 cm³/mol. The Morgan fingerprint density at radius 3 is 1.43 bits per heavy atom. The molecule has 0 bridgehead atoms. The Labute approximate surface area is 143 Å². The molecular weight excluding hydrogens is 392 g/mol. The summed E-state index contributed by atoms with van der Waals surface area (Å²) in [6.45, 7) is 8.46. The van der Waals surface area contributed by atoms with Gasteiger partial charge in [0.05, 0.1) is 0 Å². The Hall–Kier alpha value is -1.00. The number of hydrogen-bond donors (Lipinski definition) is 2. The number of hydrogen-bond acceptors (Lipinski definition) is 2. The zero-order valence-corrected chi connectivity index (χ0v) is 15.9. The van der Waals surface area contributed by atoms with Crippen LogP contribution in [0.2, 0.25) is 0 Å². The fourth-order valence-electron chi connectivity index (χ4n) is 2.56. The summed E-state index contributed by atoms with van der Waals surface area (Å²) in [5.41, 5.74) is 21.1. The van der Waals surface area contributed by atoms with Gasteiger partial charge >= 0.3 is 0 Å². The van der Waals surface area contributed by atoms with Crippen molar-refractivity contribution in [2.45, 2.75) is 34.1 Å². The van der Waals surface area contributed by atoms with E-state index in [0.29, 0.717) is 0 Å². The topological polar surface area (TPSA) is 52.0 Å². The summed E-state index contributed by atoms with van der Waals surface area (Å²) in [6, 6.07) is 4.02. The molecule has 0 saturated carbocycles. The number of anilines is 2. The molecule has 0 heterocycles. The first-order valence-corrected chi connectivity index (χ1v) is 8.40. The molecule has 0 radical (unpaired) electrons. The minimum absolute atomic E-state index is 0.780. The van der Waals surface area contributed by atoms with Gasteiger partial charge < -0.3 is 11.5 Å². The van der Waals surface area contributed by atoms with Crippen molar-refractivity contribution in [3.63, 3.8) is 0 Å². The number of nitrogen functional groups attached to an aromatic ring is 2. The van der Waals surface area contributed by atoms with Gasteiger partial charge in [0.1, 0.15) is 0 Å².